The van der Waals surface area contributed by atoms with Gasteiger partial charge in [0.25, 0.3) is 0 Å². The number of carbonyl (C=O) groups excluding carboxylic acids is 2. The number of hydrogen-bond donors (Lipinski definition) is 2. The third kappa shape index (κ3) is 7.02. The van der Waals surface area contributed by atoms with Crippen molar-refractivity contribution in [1.29, 1.82) is 0 Å². The number of aryl methyl sites for hydroxylation is 1. The standard InChI is InChI=1S/C18H24N4O4S2/c1-13(23)19-10-4-5-14-6-8-15(9-7-14)16-12-27-18(20-16)21-17(24)11-22(2)28(3,25)26/h6-9,12H,4-5,10-11H2,1-3H3,(H,19,23)(H,20,21,24). The van der Waals surface area contributed by atoms with E-state index < -0.39 is 15.9 Å². The summed E-state index contributed by atoms with van der Waals surface area (Å²) < 4.78 is 23.7. The van der Waals surface area contributed by atoms with Gasteiger partial charge >= 0.3 is 0 Å². The number of amides is 2. The van der Waals surface area contributed by atoms with Gasteiger partial charge in [-0.25, -0.2) is 13.4 Å². The monoisotopic (exact) mass is 424 g/mol. The van der Waals surface area contributed by atoms with E-state index in [0.717, 1.165) is 34.7 Å². The predicted molar refractivity (Wildman–Crippen MR) is 111 cm³/mol. The van der Waals surface area contributed by atoms with E-state index in [2.05, 4.69) is 15.6 Å². The number of carbonyl (C=O) groups is 2. The summed E-state index contributed by atoms with van der Waals surface area (Å²) >= 11 is 1.28. The van der Waals surface area contributed by atoms with Gasteiger partial charge in [0.2, 0.25) is 21.8 Å². The lowest BCUT2D eigenvalue weighted by molar-refractivity contribution is -0.119. The van der Waals surface area contributed by atoms with Crippen LogP contribution in [0.5, 0.6) is 0 Å². The van der Waals surface area contributed by atoms with Crippen LogP contribution < -0.4 is 10.6 Å². The first-order valence-electron chi connectivity index (χ1n) is 8.65. The van der Waals surface area contributed by atoms with Gasteiger partial charge in [-0.15, -0.1) is 11.3 Å². The SMILES string of the molecule is CC(=O)NCCCc1ccc(-c2csc(NC(=O)CN(C)S(C)(=O)=O)n2)cc1. The molecule has 0 unspecified atom stereocenters. The van der Waals surface area contributed by atoms with Gasteiger partial charge < -0.3 is 10.6 Å². The average Bonchev–Trinajstić information content (AvgIpc) is 3.06. The lowest BCUT2D eigenvalue weighted by Gasteiger charge is -2.12. The number of rotatable bonds is 9. The summed E-state index contributed by atoms with van der Waals surface area (Å²) in [5.74, 6) is -0.465. The van der Waals surface area contributed by atoms with Crippen LogP contribution in [0.4, 0.5) is 5.13 Å². The van der Waals surface area contributed by atoms with E-state index in [4.69, 9.17) is 0 Å². The van der Waals surface area contributed by atoms with Gasteiger partial charge in [-0.1, -0.05) is 24.3 Å². The molecule has 0 saturated heterocycles. The van der Waals surface area contributed by atoms with Crippen LogP contribution in [0, 0.1) is 0 Å². The van der Waals surface area contributed by atoms with E-state index in [0.29, 0.717) is 11.7 Å². The van der Waals surface area contributed by atoms with Gasteiger partial charge in [-0.2, -0.15) is 4.31 Å². The van der Waals surface area contributed by atoms with Crippen LogP contribution in [-0.4, -0.2) is 55.9 Å². The Morgan fingerprint density at radius 1 is 1.21 bits per heavy atom. The molecule has 2 amide bonds. The summed E-state index contributed by atoms with van der Waals surface area (Å²) in [5.41, 5.74) is 2.83. The van der Waals surface area contributed by atoms with Gasteiger partial charge in [0.05, 0.1) is 18.5 Å². The number of hydrogen-bond acceptors (Lipinski definition) is 6. The summed E-state index contributed by atoms with van der Waals surface area (Å²) in [6.45, 7) is 1.89. The first kappa shape index (κ1) is 22.0. The molecule has 0 fully saturated rings. The number of benzene rings is 1. The molecule has 2 aromatic rings. The highest BCUT2D eigenvalue weighted by Gasteiger charge is 2.16. The van der Waals surface area contributed by atoms with E-state index in [9.17, 15) is 18.0 Å². The maximum Gasteiger partial charge on any atom is 0.241 e. The van der Waals surface area contributed by atoms with Crippen molar-refractivity contribution in [3.05, 3.63) is 35.2 Å². The minimum absolute atomic E-state index is 0.0234. The fourth-order valence-electron chi connectivity index (χ4n) is 2.34. The molecule has 0 spiro atoms. The highest BCUT2D eigenvalue weighted by Crippen LogP contribution is 2.25. The second-order valence-corrected chi connectivity index (χ2v) is 9.34. The molecule has 0 aliphatic carbocycles. The maximum atomic E-state index is 12.0. The third-order valence-corrected chi connectivity index (χ3v) is 5.97. The lowest BCUT2D eigenvalue weighted by Crippen LogP contribution is -2.34. The largest absolute Gasteiger partial charge is 0.356 e. The highest BCUT2D eigenvalue weighted by molar-refractivity contribution is 7.88. The minimum Gasteiger partial charge on any atom is -0.356 e. The van der Waals surface area contributed by atoms with Crippen molar-refractivity contribution in [2.75, 3.05) is 31.7 Å². The Morgan fingerprint density at radius 2 is 1.89 bits per heavy atom. The Hall–Kier alpha value is -2.30. The third-order valence-electron chi connectivity index (χ3n) is 3.95. The molecule has 10 heteroatoms. The van der Waals surface area contributed by atoms with Crippen LogP contribution in [0.2, 0.25) is 0 Å². The number of sulfonamides is 1. The maximum absolute atomic E-state index is 12.0. The van der Waals surface area contributed by atoms with E-state index in [1.807, 2.05) is 29.6 Å². The van der Waals surface area contributed by atoms with Crippen molar-refractivity contribution in [1.82, 2.24) is 14.6 Å². The zero-order valence-corrected chi connectivity index (χ0v) is 17.7. The van der Waals surface area contributed by atoms with Crippen molar-refractivity contribution in [2.24, 2.45) is 0 Å². The Kier molecular flexibility index (Phi) is 7.67. The molecule has 1 aromatic heterocycles. The fraction of sp³-hybridized carbons (Fsp3) is 0.389. The second-order valence-electron chi connectivity index (χ2n) is 6.39. The van der Waals surface area contributed by atoms with Crippen LogP contribution in [-0.2, 0) is 26.0 Å². The molecule has 2 rings (SSSR count). The zero-order chi connectivity index (χ0) is 20.7. The molecule has 1 heterocycles. The van der Waals surface area contributed by atoms with Gasteiger partial charge in [-0.05, 0) is 18.4 Å². The summed E-state index contributed by atoms with van der Waals surface area (Å²) in [5, 5.41) is 7.64. The molecule has 2 N–H and O–H groups in total. The van der Waals surface area contributed by atoms with Gasteiger partial charge in [0.1, 0.15) is 0 Å². The normalized spacial score (nSPS) is 11.4. The van der Waals surface area contributed by atoms with E-state index >= 15 is 0 Å². The Labute approximate surface area is 169 Å². The lowest BCUT2D eigenvalue weighted by atomic mass is 10.1. The van der Waals surface area contributed by atoms with E-state index in [1.165, 1.54) is 30.9 Å². The molecule has 1 aromatic carbocycles. The summed E-state index contributed by atoms with van der Waals surface area (Å²) in [6.07, 6.45) is 2.78. The van der Waals surface area contributed by atoms with Crippen LogP contribution in [0.1, 0.15) is 18.9 Å². The highest BCUT2D eigenvalue weighted by atomic mass is 32.2. The second kappa shape index (κ2) is 9.76. The zero-order valence-electron chi connectivity index (χ0n) is 16.1. The van der Waals surface area contributed by atoms with Gasteiger partial charge in [0.15, 0.2) is 5.13 Å². The molecule has 0 radical (unpaired) electrons. The molecular weight excluding hydrogens is 400 g/mol. The first-order chi connectivity index (χ1) is 13.1. The molecule has 152 valence electrons. The Morgan fingerprint density at radius 3 is 2.50 bits per heavy atom. The summed E-state index contributed by atoms with van der Waals surface area (Å²) in [6, 6.07) is 7.96. The number of thiazole rings is 1. The van der Waals surface area contributed by atoms with Crippen molar-refractivity contribution in [3.63, 3.8) is 0 Å². The van der Waals surface area contributed by atoms with E-state index in [-0.39, 0.29) is 12.5 Å². The van der Waals surface area contributed by atoms with Gasteiger partial charge in [-0.3, -0.25) is 9.59 Å². The fourth-order valence-corrected chi connectivity index (χ4v) is 3.43. The van der Waals surface area contributed by atoms with Gasteiger partial charge in [0, 0.05) is 31.5 Å². The molecule has 28 heavy (non-hydrogen) atoms. The molecule has 0 atom stereocenters. The molecule has 0 saturated carbocycles. The number of anilines is 1. The molecule has 0 aliphatic heterocycles. The van der Waals surface area contributed by atoms with Crippen LogP contribution in [0.3, 0.4) is 0 Å². The quantitative estimate of drug-likeness (QED) is 0.596. The smallest absolute Gasteiger partial charge is 0.241 e. The Balaban J connectivity index is 1.90. The molecule has 0 bridgehead atoms. The van der Waals surface area contributed by atoms with Crippen molar-refractivity contribution < 1.29 is 18.0 Å². The van der Waals surface area contributed by atoms with Crippen LogP contribution in [0.15, 0.2) is 29.6 Å². The average molecular weight is 425 g/mol. The summed E-state index contributed by atoms with van der Waals surface area (Å²) in [7, 11) is -2.06. The topological polar surface area (TPSA) is 108 Å². The molecule has 8 nitrogen and oxygen atoms in total. The minimum atomic E-state index is -3.41. The predicted octanol–water partition coefficient (Wildman–Crippen LogP) is 1.71. The Bertz CT molecular complexity index is 923. The van der Waals surface area contributed by atoms with Crippen LogP contribution >= 0.6 is 11.3 Å². The molecule has 0 aliphatic rings. The summed E-state index contributed by atoms with van der Waals surface area (Å²) in [4.78, 5) is 27.2. The van der Waals surface area contributed by atoms with Crippen molar-refractivity contribution in [3.8, 4) is 11.3 Å². The van der Waals surface area contributed by atoms with Crippen molar-refractivity contribution >= 4 is 38.3 Å². The number of aromatic nitrogens is 1. The number of likely N-dealkylation sites (N-methyl/N-ethyl adjacent to an activating group) is 1. The first-order valence-corrected chi connectivity index (χ1v) is 11.4. The van der Waals surface area contributed by atoms with Crippen LogP contribution in [0.25, 0.3) is 11.3 Å². The molecular formula is C18H24N4O4S2. The number of nitrogens with zero attached hydrogens (tertiary/aromatic N) is 2. The van der Waals surface area contributed by atoms with E-state index in [1.54, 1.807) is 0 Å². The number of nitrogens with one attached hydrogen (secondary N) is 2. The van der Waals surface area contributed by atoms with Crippen molar-refractivity contribution in [2.45, 2.75) is 19.8 Å².